The number of aliphatic hydroxyl groups is 2. The molecular formula is C12H17NO6S. The smallest absolute Gasteiger partial charge is 0.314 e. The zero-order valence-electron chi connectivity index (χ0n) is 10.9. The highest BCUT2D eigenvalue weighted by Crippen LogP contribution is 2.24. The molecule has 20 heavy (non-hydrogen) atoms. The van der Waals surface area contributed by atoms with Crippen molar-refractivity contribution in [2.75, 3.05) is 0 Å². The second-order valence-corrected chi connectivity index (χ2v) is 6.09. The molecule has 1 aromatic rings. The van der Waals surface area contributed by atoms with E-state index in [1.54, 1.807) is 0 Å². The van der Waals surface area contributed by atoms with Crippen molar-refractivity contribution in [2.24, 2.45) is 5.92 Å². The number of carboxylic acid groups (broad SMARTS) is 1. The van der Waals surface area contributed by atoms with Gasteiger partial charge in [0.15, 0.2) is 5.76 Å². The zero-order chi connectivity index (χ0) is 15.3. The summed E-state index contributed by atoms with van der Waals surface area (Å²) < 4.78 is 23.9. The van der Waals surface area contributed by atoms with E-state index in [2.05, 4.69) is 4.98 Å². The summed E-state index contributed by atoms with van der Waals surface area (Å²) in [5, 5.41) is 26.8. The fourth-order valence-electron chi connectivity index (χ4n) is 1.66. The van der Waals surface area contributed by atoms with Crippen LogP contribution in [0.3, 0.4) is 0 Å². The van der Waals surface area contributed by atoms with Gasteiger partial charge in [-0.2, -0.15) is 0 Å². The molecule has 0 spiro atoms. The van der Waals surface area contributed by atoms with E-state index in [0.717, 1.165) is 0 Å². The SMILES string of the molecule is CCCCC(C(=O)O)C(O)=C(O)S(=O)(=O)c1ccc[nH]1. The second kappa shape index (κ2) is 6.47. The average Bonchev–Trinajstić information content (AvgIpc) is 2.92. The largest absolute Gasteiger partial charge is 0.507 e. The van der Waals surface area contributed by atoms with Gasteiger partial charge in [-0.3, -0.25) is 4.79 Å². The van der Waals surface area contributed by atoms with Gasteiger partial charge in [0.2, 0.25) is 0 Å². The van der Waals surface area contributed by atoms with Gasteiger partial charge in [-0.1, -0.05) is 19.8 Å². The van der Waals surface area contributed by atoms with E-state index in [0.29, 0.717) is 12.8 Å². The average molecular weight is 303 g/mol. The van der Waals surface area contributed by atoms with Crippen LogP contribution in [0.4, 0.5) is 0 Å². The van der Waals surface area contributed by atoms with Crippen LogP contribution in [0.1, 0.15) is 26.2 Å². The maximum absolute atomic E-state index is 11.9. The number of aromatic amines is 1. The van der Waals surface area contributed by atoms with Crippen LogP contribution in [0.2, 0.25) is 0 Å². The number of aliphatic carboxylic acids is 1. The van der Waals surface area contributed by atoms with Gasteiger partial charge in [-0.25, -0.2) is 8.42 Å². The number of sulfone groups is 1. The molecule has 8 heteroatoms. The molecule has 1 rings (SSSR count). The number of hydrogen-bond donors (Lipinski definition) is 4. The molecule has 0 amide bonds. The lowest BCUT2D eigenvalue weighted by atomic mass is 10.0. The van der Waals surface area contributed by atoms with Crippen LogP contribution in [0.15, 0.2) is 34.2 Å². The third-order valence-electron chi connectivity index (χ3n) is 2.81. The highest BCUT2D eigenvalue weighted by molar-refractivity contribution is 7.95. The van der Waals surface area contributed by atoms with Gasteiger partial charge in [-0.05, 0) is 18.6 Å². The van der Waals surface area contributed by atoms with Crippen molar-refractivity contribution in [3.05, 3.63) is 29.2 Å². The number of H-pyrrole nitrogens is 1. The minimum Gasteiger partial charge on any atom is -0.507 e. The summed E-state index contributed by atoms with van der Waals surface area (Å²) in [6.07, 6.45) is 2.54. The highest BCUT2D eigenvalue weighted by atomic mass is 32.2. The molecule has 0 saturated carbocycles. The molecule has 0 aliphatic heterocycles. The number of nitrogens with one attached hydrogen (secondary N) is 1. The van der Waals surface area contributed by atoms with Crippen LogP contribution < -0.4 is 0 Å². The molecule has 0 aliphatic carbocycles. The molecule has 4 N–H and O–H groups in total. The first-order valence-corrected chi connectivity index (χ1v) is 7.54. The van der Waals surface area contributed by atoms with Crippen LogP contribution >= 0.6 is 0 Å². The minimum atomic E-state index is -4.33. The normalized spacial score (nSPS) is 14.7. The third-order valence-corrected chi connectivity index (χ3v) is 4.36. The fourth-order valence-corrected chi connectivity index (χ4v) is 2.76. The minimum absolute atomic E-state index is 0.0436. The number of aromatic nitrogens is 1. The number of rotatable bonds is 7. The first-order valence-electron chi connectivity index (χ1n) is 6.05. The Morgan fingerprint density at radius 2 is 2.00 bits per heavy atom. The van der Waals surface area contributed by atoms with E-state index in [4.69, 9.17) is 5.11 Å². The Kier molecular flexibility index (Phi) is 5.20. The Balaban J connectivity index is 3.18. The van der Waals surface area contributed by atoms with Gasteiger partial charge in [0.25, 0.3) is 14.9 Å². The maximum atomic E-state index is 11.9. The summed E-state index contributed by atoms with van der Waals surface area (Å²) in [6.45, 7) is 1.83. The number of aliphatic hydroxyl groups excluding tert-OH is 2. The van der Waals surface area contributed by atoms with Crippen molar-refractivity contribution in [2.45, 2.75) is 31.2 Å². The summed E-state index contributed by atoms with van der Waals surface area (Å²) >= 11 is 0. The van der Waals surface area contributed by atoms with Gasteiger partial charge in [0, 0.05) is 6.20 Å². The summed E-state index contributed by atoms with van der Waals surface area (Å²) in [7, 11) is -4.33. The van der Waals surface area contributed by atoms with E-state index in [9.17, 15) is 23.4 Å². The maximum Gasteiger partial charge on any atom is 0.314 e. The third kappa shape index (κ3) is 3.32. The summed E-state index contributed by atoms with van der Waals surface area (Å²) in [5.74, 6) is -3.87. The topological polar surface area (TPSA) is 128 Å². The fraction of sp³-hybridized carbons (Fsp3) is 0.417. The van der Waals surface area contributed by atoms with Crippen LogP contribution in [-0.4, -0.2) is 34.7 Å². The molecule has 1 unspecified atom stereocenters. The van der Waals surface area contributed by atoms with Gasteiger partial charge < -0.3 is 20.3 Å². The molecule has 0 fully saturated rings. The molecule has 0 bridgehead atoms. The lowest BCUT2D eigenvalue weighted by molar-refractivity contribution is -0.141. The van der Waals surface area contributed by atoms with Gasteiger partial charge in [0.1, 0.15) is 10.9 Å². The monoisotopic (exact) mass is 303 g/mol. The second-order valence-electron chi connectivity index (χ2n) is 4.26. The van der Waals surface area contributed by atoms with Gasteiger partial charge in [0.05, 0.1) is 0 Å². The van der Waals surface area contributed by atoms with Crippen LogP contribution in [-0.2, 0) is 14.6 Å². The number of carboxylic acids is 1. The standard InChI is InChI=1S/C12H17NO6S/c1-2-3-5-8(11(15)16)10(14)12(17)20(18,19)9-6-4-7-13-9/h4,6-8,13-14,17H,2-3,5H2,1H3,(H,15,16). The summed E-state index contributed by atoms with van der Waals surface area (Å²) in [6, 6.07) is 2.60. The Labute approximate surface area is 116 Å². The molecule has 0 saturated heterocycles. The van der Waals surface area contributed by atoms with E-state index in [1.807, 2.05) is 6.92 Å². The molecule has 112 valence electrons. The van der Waals surface area contributed by atoms with E-state index >= 15 is 0 Å². The number of hydrogen-bond acceptors (Lipinski definition) is 5. The van der Waals surface area contributed by atoms with E-state index < -0.39 is 32.6 Å². The van der Waals surface area contributed by atoms with Crippen molar-refractivity contribution in [1.29, 1.82) is 0 Å². The quantitative estimate of drug-likeness (QED) is 0.570. The van der Waals surface area contributed by atoms with E-state index in [-0.39, 0.29) is 11.4 Å². The predicted molar refractivity (Wildman–Crippen MR) is 70.9 cm³/mol. The zero-order valence-corrected chi connectivity index (χ0v) is 11.7. The lowest BCUT2D eigenvalue weighted by Crippen LogP contribution is -2.20. The van der Waals surface area contributed by atoms with E-state index in [1.165, 1.54) is 18.3 Å². The van der Waals surface area contributed by atoms with Gasteiger partial charge >= 0.3 is 5.97 Å². The molecule has 1 aromatic heterocycles. The Bertz CT molecular complexity index is 587. The van der Waals surface area contributed by atoms with Crippen molar-refractivity contribution < 1.29 is 28.5 Å². The Hall–Kier alpha value is -1.96. The molecule has 1 atom stereocenters. The molecular weight excluding hydrogens is 286 g/mol. The van der Waals surface area contributed by atoms with Crippen molar-refractivity contribution >= 4 is 15.8 Å². The van der Waals surface area contributed by atoms with Crippen LogP contribution in [0, 0.1) is 5.92 Å². The molecule has 0 aliphatic rings. The molecule has 1 heterocycles. The summed E-state index contributed by atoms with van der Waals surface area (Å²) in [4.78, 5) is 13.4. The first kappa shape index (κ1) is 16.1. The Morgan fingerprint density at radius 3 is 2.45 bits per heavy atom. The molecule has 7 nitrogen and oxygen atoms in total. The predicted octanol–water partition coefficient (Wildman–Crippen LogP) is 1.96. The van der Waals surface area contributed by atoms with Gasteiger partial charge in [-0.15, -0.1) is 0 Å². The van der Waals surface area contributed by atoms with Crippen molar-refractivity contribution in [1.82, 2.24) is 4.98 Å². The van der Waals surface area contributed by atoms with Crippen LogP contribution in [0.5, 0.6) is 0 Å². The lowest BCUT2D eigenvalue weighted by Gasteiger charge is -2.12. The van der Waals surface area contributed by atoms with Crippen molar-refractivity contribution in [3.8, 4) is 0 Å². The number of unbranched alkanes of at least 4 members (excludes halogenated alkanes) is 1. The summed E-state index contributed by atoms with van der Waals surface area (Å²) in [5.41, 5.74) is 0. The number of carbonyl (C=O) groups is 1. The Morgan fingerprint density at radius 1 is 1.35 bits per heavy atom. The van der Waals surface area contributed by atoms with Crippen molar-refractivity contribution in [3.63, 3.8) is 0 Å². The first-order chi connectivity index (χ1) is 9.32. The highest BCUT2D eigenvalue weighted by Gasteiger charge is 2.32. The molecule has 0 aromatic carbocycles. The molecule has 0 radical (unpaired) electrons. The van der Waals surface area contributed by atoms with Crippen LogP contribution in [0.25, 0.3) is 0 Å².